The zero-order valence-electron chi connectivity index (χ0n) is 41.6. The second kappa shape index (κ2) is 26.0. The van der Waals surface area contributed by atoms with Crippen LogP contribution in [-0.2, 0) is 43.8 Å². The molecule has 0 rings (SSSR count). The van der Waals surface area contributed by atoms with Crippen LogP contribution in [0, 0.1) is 0 Å². The van der Waals surface area contributed by atoms with E-state index in [1.54, 1.807) is 13.8 Å². The molecule has 356 valence electrons. The number of aliphatic hydroxyl groups excluding tert-OH is 2. The van der Waals surface area contributed by atoms with Crippen LogP contribution >= 0.6 is 0 Å². The normalized spacial score (nSPS) is 14.6. The molecule has 0 radical (unpaired) electrons. The van der Waals surface area contributed by atoms with Gasteiger partial charge in [-0.2, -0.15) is 0 Å². The third-order valence-corrected chi connectivity index (χ3v) is 31.0. The lowest BCUT2D eigenvalue weighted by molar-refractivity contribution is -0.131. The molecule has 2 atom stereocenters. The lowest BCUT2D eigenvalue weighted by Crippen LogP contribution is -2.60. The number of carbonyl (C=O) groups is 2. The molecule has 0 aliphatic carbocycles. The summed E-state index contributed by atoms with van der Waals surface area (Å²) < 4.78 is 52.3. The topological polar surface area (TPSA) is 178 Å². The van der Waals surface area contributed by atoms with E-state index in [1.165, 1.54) is 4.90 Å². The van der Waals surface area contributed by atoms with Crippen molar-refractivity contribution in [1.29, 1.82) is 0 Å². The summed E-state index contributed by atoms with van der Waals surface area (Å²) in [6.45, 7) is 50.0. The molecule has 0 bridgehead atoms. The minimum Gasteiger partial charge on any atom is -0.417 e. The lowest BCUT2D eigenvalue weighted by atomic mass is 10.2. The molecule has 0 aliphatic rings. The third-order valence-electron chi connectivity index (χ3n) is 6.87. The Morgan fingerprint density at radius 3 is 0.933 bits per heavy atom. The van der Waals surface area contributed by atoms with Gasteiger partial charge in [-0.15, -0.1) is 0 Å². The summed E-state index contributed by atoms with van der Waals surface area (Å²) in [5.74, 6) is -0.777. The average Bonchev–Trinajstić information content (AvgIpc) is 2.94. The van der Waals surface area contributed by atoms with Gasteiger partial charge in [-0.1, -0.05) is 13.2 Å². The Morgan fingerprint density at radius 2 is 0.750 bits per heavy atom. The number of amides is 2. The predicted molar refractivity (Wildman–Crippen MR) is 266 cm³/mol. The van der Waals surface area contributed by atoms with Gasteiger partial charge < -0.3 is 55.0 Å². The predicted octanol–water partition coefficient (Wildman–Crippen LogP) is 7.96. The van der Waals surface area contributed by atoms with Crippen LogP contribution in [0.3, 0.4) is 0 Å². The van der Waals surface area contributed by atoms with E-state index in [0.717, 1.165) is 0 Å². The van der Waals surface area contributed by atoms with Gasteiger partial charge in [0.2, 0.25) is 11.8 Å². The standard InChI is InChI=1S/C34H83NO11Si8.C4H7NO/c1-31(2)34(38)35(27-32(36)29-39-23-21-25-53(41-47(3,4)5,42-48(6,7)8)43-49(9,10)11)28-33(37)30-40-24-22-26-54(44-50(12,13)14,45-51(15,16)17)46-52(18,19)20;1-3(2)4(5)6/h32-33,36-37H,1,21-30H2,2-20H3;1H2,2H3,(H2,5,6). The molecule has 4 N–H and O–H groups in total. The Hall–Kier alpha value is -0.245. The smallest absolute Gasteiger partial charge is 0.417 e. The van der Waals surface area contributed by atoms with Gasteiger partial charge in [0.25, 0.3) is 0 Å². The van der Waals surface area contributed by atoms with Gasteiger partial charge >= 0.3 is 17.6 Å². The Labute approximate surface area is 374 Å². The van der Waals surface area contributed by atoms with E-state index in [4.69, 9.17) is 39.9 Å². The van der Waals surface area contributed by atoms with Crippen LogP contribution < -0.4 is 5.73 Å². The van der Waals surface area contributed by atoms with E-state index in [9.17, 15) is 19.8 Å². The number of carbonyl (C=O) groups excluding carboxylic acids is 2. The molecule has 2 amide bonds. The number of hydrogen-bond donors (Lipinski definition) is 3. The lowest BCUT2D eigenvalue weighted by Gasteiger charge is -2.43. The monoisotopic (exact) mass is 990 g/mol. The Balaban J connectivity index is 0. The molecule has 0 heterocycles. The highest BCUT2D eigenvalue weighted by Crippen LogP contribution is 2.31. The number of hydrogen-bond acceptors (Lipinski definition) is 12. The van der Waals surface area contributed by atoms with Crippen molar-refractivity contribution in [1.82, 2.24) is 4.90 Å². The fourth-order valence-electron chi connectivity index (χ4n) is 5.57. The average molecular weight is 992 g/mol. The minimum atomic E-state index is -2.98. The summed E-state index contributed by atoms with van der Waals surface area (Å²) in [7, 11) is -17.9. The van der Waals surface area contributed by atoms with Crippen LogP contribution in [0.2, 0.25) is 130 Å². The summed E-state index contributed by atoms with van der Waals surface area (Å²) in [6, 6.07) is 1.28. The van der Waals surface area contributed by atoms with Crippen molar-refractivity contribution in [3.05, 3.63) is 24.3 Å². The third kappa shape index (κ3) is 34.2. The molecule has 0 spiro atoms. The summed E-state index contributed by atoms with van der Waals surface area (Å²) >= 11 is 0. The number of primary amides is 1. The molecule has 0 aromatic carbocycles. The Bertz CT molecular complexity index is 1150. The summed E-state index contributed by atoms with van der Waals surface area (Å²) in [5, 5.41) is 21.8. The first-order valence-corrected chi connectivity index (χ1v) is 45.5. The van der Waals surface area contributed by atoms with Crippen molar-refractivity contribution in [2.24, 2.45) is 5.73 Å². The Kier molecular flexibility index (Phi) is 26.8. The molecule has 0 aromatic heterocycles. The van der Waals surface area contributed by atoms with Crippen molar-refractivity contribution < 1.29 is 54.0 Å². The van der Waals surface area contributed by atoms with Crippen LogP contribution in [0.4, 0.5) is 0 Å². The molecule has 14 nitrogen and oxygen atoms in total. The number of rotatable bonds is 30. The molecule has 2 unspecified atom stereocenters. The van der Waals surface area contributed by atoms with Gasteiger partial charge in [0.05, 0.1) is 25.4 Å². The van der Waals surface area contributed by atoms with Crippen LogP contribution in [-0.4, -0.2) is 146 Å². The highest BCUT2D eigenvalue weighted by atomic mass is 28.5. The first-order chi connectivity index (χ1) is 26.6. The maximum atomic E-state index is 13.0. The SMILES string of the molecule is C=C(C)C(=O)N(CC(O)COCCC[Si](O[Si](C)(C)C)(O[Si](C)(C)C)O[Si](C)(C)C)CC(O)COCCC[Si](O[Si](C)(C)C)(O[Si](C)(C)C)O[Si](C)(C)C.C=C(C)C(N)=O. The van der Waals surface area contributed by atoms with Gasteiger partial charge in [-0.05, 0) is 145 Å². The summed E-state index contributed by atoms with van der Waals surface area (Å²) in [6.07, 6.45) is -0.600. The second-order valence-corrected chi connectivity index (χ2v) is 55.4. The van der Waals surface area contributed by atoms with Crippen molar-refractivity contribution >= 4 is 79.3 Å². The maximum absolute atomic E-state index is 13.0. The fraction of sp³-hybridized carbons (Fsp3) is 0.842. The quantitative estimate of drug-likeness (QED) is 0.0360. The molecule has 60 heavy (non-hydrogen) atoms. The number of ether oxygens (including phenoxy) is 2. The second-order valence-electron chi connectivity index (χ2n) is 21.5. The maximum Gasteiger partial charge on any atom is 0.469 e. The van der Waals surface area contributed by atoms with Crippen LogP contribution in [0.1, 0.15) is 26.7 Å². The summed E-state index contributed by atoms with van der Waals surface area (Å²) in [5.41, 5.74) is 5.41. The zero-order chi connectivity index (χ0) is 47.8. The number of aliphatic hydroxyl groups is 2. The van der Waals surface area contributed by atoms with Crippen molar-refractivity contribution in [2.75, 3.05) is 39.5 Å². The van der Waals surface area contributed by atoms with Gasteiger partial charge in [0.15, 0.2) is 49.9 Å². The fourth-order valence-corrected chi connectivity index (χ4v) is 34.8. The van der Waals surface area contributed by atoms with Gasteiger partial charge in [0, 0.05) is 49.5 Å². The zero-order valence-corrected chi connectivity index (χ0v) is 49.6. The minimum absolute atomic E-state index is 0.0120. The van der Waals surface area contributed by atoms with E-state index in [0.29, 0.717) is 49.3 Å². The molecular weight excluding hydrogens is 901 g/mol. The van der Waals surface area contributed by atoms with Crippen LogP contribution in [0.25, 0.3) is 0 Å². The van der Waals surface area contributed by atoms with Gasteiger partial charge in [-0.3, -0.25) is 9.59 Å². The van der Waals surface area contributed by atoms with Crippen molar-refractivity contribution in [3.63, 3.8) is 0 Å². The van der Waals surface area contributed by atoms with E-state index >= 15 is 0 Å². The molecule has 0 aliphatic heterocycles. The van der Waals surface area contributed by atoms with Crippen LogP contribution in [0.15, 0.2) is 24.3 Å². The number of nitrogens with zero attached hydrogens (tertiary/aromatic N) is 1. The highest BCUT2D eigenvalue weighted by molar-refractivity contribution is 6.91. The first kappa shape index (κ1) is 61.8. The molecular formula is C38H90N2O12Si8. The van der Waals surface area contributed by atoms with E-state index < -0.39 is 85.6 Å². The van der Waals surface area contributed by atoms with Crippen molar-refractivity contribution in [2.45, 2.75) is 169 Å². The van der Waals surface area contributed by atoms with Gasteiger partial charge in [0.1, 0.15) is 0 Å². The summed E-state index contributed by atoms with van der Waals surface area (Å²) in [4.78, 5) is 24.3. The molecule has 0 saturated carbocycles. The molecule has 22 heteroatoms. The van der Waals surface area contributed by atoms with E-state index in [-0.39, 0.29) is 32.2 Å². The van der Waals surface area contributed by atoms with E-state index in [1.807, 2.05) is 0 Å². The molecule has 0 saturated heterocycles. The van der Waals surface area contributed by atoms with Crippen LogP contribution in [0.5, 0.6) is 0 Å². The first-order valence-electron chi connectivity index (χ1n) is 21.2. The molecule has 0 fully saturated rings. The molecule has 0 aromatic rings. The largest absolute Gasteiger partial charge is 0.469 e. The van der Waals surface area contributed by atoms with Gasteiger partial charge in [-0.25, -0.2) is 0 Å². The highest BCUT2D eigenvalue weighted by Gasteiger charge is 2.51. The van der Waals surface area contributed by atoms with Crippen molar-refractivity contribution in [3.8, 4) is 0 Å². The van der Waals surface area contributed by atoms with E-state index in [2.05, 4.69) is 131 Å². The Morgan fingerprint density at radius 1 is 0.517 bits per heavy atom. The number of nitrogens with two attached hydrogens (primary N) is 1.